The number of fused-ring (bicyclic) bond motifs is 1. The molecule has 6 nitrogen and oxygen atoms in total. The average Bonchev–Trinajstić information content (AvgIpc) is 3.19. The number of hydrogen-bond acceptors (Lipinski definition) is 6. The van der Waals surface area contributed by atoms with Crippen LogP contribution < -0.4 is 0 Å². The van der Waals surface area contributed by atoms with Gasteiger partial charge in [-0.1, -0.05) is 6.07 Å². The van der Waals surface area contributed by atoms with Gasteiger partial charge in [0.2, 0.25) is 10.0 Å². The van der Waals surface area contributed by atoms with Crippen molar-refractivity contribution in [1.82, 2.24) is 19.2 Å². The van der Waals surface area contributed by atoms with Gasteiger partial charge in [0.1, 0.15) is 0 Å². The van der Waals surface area contributed by atoms with Gasteiger partial charge >= 0.3 is 0 Å². The highest BCUT2D eigenvalue weighted by Crippen LogP contribution is 2.35. The van der Waals surface area contributed by atoms with E-state index in [-0.39, 0.29) is 11.2 Å². The summed E-state index contributed by atoms with van der Waals surface area (Å²) in [7, 11) is -3.24. The first-order valence-corrected chi connectivity index (χ1v) is 10.4. The molecule has 8 heteroatoms. The molecule has 0 spiro atoms. The Kier molecular flexibility index (Phi) is 4.16. The van der Waals surface area contributed by atoms with Gasteiger partial charge in [-0.15, -0.1) is 11.3 Å². The Bertz CT molecular complexity index is 822. The molecule has 2 aromatic heterocycles. The summed E-state index contributed by atoms with van der Waals surface area (Å²) in [6, 6.07) is 3.95. The lowest BCUT2D eigenvalue weighted by molar-refractivity contribution is 0.294. The lowest BCUT2D eigenvalue weighted by Gasteiger charge is -2.20. The third-order valence-corrected chi connectivity index (χ3v) is 7.89. The molecule has 128 valence electrons. The van der Waals surface area contributed by atoms with E-state index < -0.39 is 10.0 Å². The molecule has 0 saturated carbocycles. The van der Waals surface area contributed by atoms with Crippen LogP contribution in [0.4, 0.5) is 0 Å². The van der Waals surface area contributed by atoms with Gasteiger partial charge in [-0.05, 0) is 18.6 Å². The topological polar surface area (TPSA) is 66.4 Å². The highest BCUT2D eigenvalue weighted by Gasteiger charge is 2.50. The van der Waals surface area contributed by atoms with Crippen LogP contribution in [-0.2, 0) is 23.1 Å². The first kappa shape index (κ1) is 16.1. The van der Waals surface area contributed by atoms with Gasteiger partial charge in [-0.2, -0.15) is 4.31 Å². The number of pyridine rings is 1. The SMILES string of the molecule is Cc1nc(CN2C[C@H]3CN(Cc4cccnc4)C[C@H]3S2(=O)=O)cs1. The predicted octanol–water partition coefficient (Wildman–Crippen LogP) is 1.49. The molecule has 2 aromatic rings. The first-order valence-electron chi connectivity index (χ1n) is 8.03. The van der Waals surface area contributed by atoms with Crippen LogP contribution in [0.1, 0.15) is 16.3 Å². The Labute approximate surface area is 146 Å². The van der Waals surface area contributed by atoms with E-state index in [9.17, 15) is 8.42 Å². The normalized spacial score (nSPS) is 26.7. The van der Waals surface area contributed by atoms with Gasteiger partial charge < -0.3 is 0 Å². The van der Waals surface area contributed by atoms with Crippen LogP contribution in [0, 0.1) is 12.8 Å². The van der Waals surface area contributed by atoms with E-state index >= 15 is 0 Å². The van der Waals surface area contributed by atoms with E-state index in [2.05, 4.69) is 14.9 Å². The molecule has 0 unspecified atom stereocenters. The molecule has 24 heavy (non-hydrogen) atoms. The molecule has 0 bridgehead atoms. The molecule has 4 rings (SSSR count). The number of sulfonamides is 1. The second-order valence-corrected chi connectivity index (χ2v) is 9.76. The second-order valence-electron chi connectivity index (χ2n) is 6.55. The van der Waals surface area contributed by atoms with E-state index in [0.717, 1.165) is 29.4 Å². The van der Waals surface area contributed by atoms with Gasteiger partial charge in [0.15, 0.2) is 0 Å². The summed E-state index contributed by atoms with van der Waals surface area (Å²) in [4.78, 5) is 10.8. The lowest BCUT2D eigenvalue weighted by atomic mass is 10.1. The summed E-state index contributed by atoms with van der Waals surface area (Å²) < 4.78 is 27.3. The highest BCUT2D eigenvalue weighted by atomic mass is 32.2. The molecule has 0 aromatic carbocycles. The molecule has 2 fully saturated rings. The van der Waals surface area contributed by atoms with Gasteiger partial charge in [-0.3, -0.25) is 9.88 Å². The molecule has 2 saturated heterocycles. The first-order chi connectivity index (χ1) is 11.5. The Hall–Kier alpha value is -1.35. The number of hydrogen-bond donors (Lipinski definition) is 0. The molecule has 2 aliphatic rings. The number of aryl methyl sites for hydroxylation is 1. The summed E-state index contributed by atoms with van der Waals surface area (Å²) in [5, 5.41) is 2.64. The van der Waals surface area contributed by atoms with Gasteiger partial charge in [-0.25, -0.2) is 13.4 Å². The molecule has 0 amide bonds. The number of aromatic nitrogens is 2. The fraction of sp³-hybridized carbons (Fsp3) is 0.500. The van der Waals surface area contributed by atoms with Crippen molar-refractivity contribution < 1.29 is 8.42 Å². The van der Waals surface area contributed by atoms with Crippen molar-refractivity contribution in [2.75, 3.05) is 19.6 Å². The van der Waals surface area contributed by atoms with E-state index in [1.165, 1.54) is 0 Å². The van der Waals surface area contributed by atoms with Gasteiger partial charge in [0.25, 0.3) is 0 Å². The van der Waals surface area contributed by atoms with Crippen LogP contribution in [-0.4, -0.2) is 52.5 Å². The third kappa shape index (κ3) is 2.99. The maximum Gasteiger partial charge on any atom is 0.218 e. The fourth-order valence-electron chi connectivity index (χ4n) is 3.69. The quantitative estimate of drug-likeness (QED) is 0.822. The number of thiazole rings is 1. The summed E-state index contributed by atoms with van der Waals surface area (Å²) in [5.74, 6) is 0.186. The predicted molar refractivity (Wildman–Crippen MR) is 93.0 cm³/mol. The van der Waals surface area contributed by atoms with Gasteiger partial charge in [0.05, 0.1) is 22.5 Å². The smallest absolute Gasteiger partial charge is 0.218 e. The maximum absolute atomic E-state index is 12.8. The van der Waals surface area contributed by atoms with Crippen LogP contribution in [0.2, 0.25) is 0 Å². The van der Waals surface area contributed by atoms with E-state index in [1.54, 1.807) is 21.8 Å². The summed E-state index contributed by atoms with van der Waals surface area (Å²) in [6.45, 7) is 5.15. The molecule has 0 N–H and O–H groups in total. The summed E-state index contributed by atoms with van der Waals surface area (Å²) >= 11 is 1.56. The van der Waals surface area contributed by atoms with Crippen LogP contribution in [0.5, 0.6) is 0 Å². The molecular formula is C16H20N4O2S2. The third-order valence-electron chi connectivity index (χ3n) is 4.77. The van der Waals surface area contributed by atoms with Crippen molar-refractivity contribution in [2.24, 2.45) is 5.92 Å². The van der Waals surface area contributed by atoms with Crippen molar-refractivity contribution in [2.45, 2.75) is 25.3 Å². The zero-order chi connectivity index (χ0) is 16.7. The van der Waals surface area contributed by atoms with Gasteiger partial charge in [0, 0.05) is 49.9 Å². The zero-order valence-electron chi connectivity index (χ0n) is 13.5. The Morgan fingerprint density at radius 3 is 2.83 bits per heavy atom. The fourth-order valence-corrected chi connectivity index (χ4v) is 6.45. The molecule has 2 aliphatic heterocycles. The minimum absolute atomic E-state index is 0.186. The van der Waals surface area contributed by atoms with Crippen molar-refractivity contribution in [3.05, 3.63) is 46.2 Å². The van der Waals surface area contributed by atoms with E-state index in [0.29, 0.717) is 19.6 Å². The Balaban J connectivity index is 1.44. The zero-order valence-corrected chi connectivity index (χ0v) is 15.1. The summed E-state index contributed by atoms with van der Waals surface area (Å²) in [5.41, 5.74) is 1.98. The molecular weight excluding hydrogens is 344 g/mol. The number of nitrogens with zero attached hydrogens (tertiary/aromatic N) is 4. The van der Waals surface area contributed by atoms with Crippen LogP contribution >= 0.6 is 11.3 Å². The van der Waals surface area contributed by atoms with E-state index in [4.69, 9.17) is 0 Å². The molecule has 0 radical (unpaired) electrons. The molecule has 4 heterocycles. The van der Waals surface area contributed by atoms with Crippen molar-refractivity contribution in [3.8, 4) is 0 Å². The van der Waals surface area contributed by atoms with Crippen molar-refractivity contribution >= 4 is 21.4 Å². The number of likely N-dealkylation sites (tertiary alicyclic amines) is 1. The van der Waals surface area contributed by atoms with Crippen molar-refractivity contribution in [3.63, 3.8) is 0 Å². The minimum Gasteiger partial charge on any atom is -0.297 e. The van der Waals surface area contributed by atoms with Crippen LogP contribution in [0.3, 0.4) is 0 Å². The van der Waals surface area contributed by atoms with Crippen LogP contribution in [0.25, 0.3) is 0 Å². The summed E-state index contributed by atoms with van der Waals surface area (Å²) in [6.07, 6.45) is 3.60. The van der Waals surface area contributed by atoms with E-state index in [1.807, 2.05) is 30.6 Å². The second kappa shape index (κ2) is 6.18. The Morgan fingerprint density at radius 1 is 1.29 bits per heavy atom. The highest BCUT2D eigenvalue weighted by molar-refractivity contribution is 7.90. The minimum atomic E-state index is -3.24. The lowest BCUT2D eigenvalue weighted by Crippen LogP contribution is -2.34. The standard InChI is InChI=1S/C16H20N4O2S2/c1-12-18-15(11-23-12)9-20-8-14-7-19(10-16(14)24(20,21)22)6-13-3-2-4-17-5-13/h2-5,11,14,16H,6-10H2,1H3/t14-,16-/m1/s1. The average molecular weight is 364 g/mol. The number of rotatable bonds is 4. The molecule has 2 atom stereocenters. The maximum atomic E-state index is 12.8. The monoisotopic (exact) mass is 364 g/mol. The molecule has 0 aliphatic carbocycles. The van der Waals surface area contributed by atoms with Crippen LogP contribution in [0.15, 0.2) is 29.9 Å². The largest absolute Gasteiger partial charge is 0.297 e. The van der Waals surface area contributed by atoms with Crippen molar-refractivity contribution in [1.29, 1.82) is 0 Å². The Morgan fingerprint density at radius 2 is 2.17 bits per heavy atom.